The highest BCUT2D eigenvalue weighted by atomic mass is 35.5. The minimum Gasteiger partial charge on any atom is -0.436 e. The third kappa shape index (κ3) is 5.60. The summed E-state index contributed by atoms with van der Waals surface area (Å²) in [6.45, 7) is 0. The van der Waals surface area contributed by atoms with Crippen molar-refractivity contribution in [1.82, 2.24) is 10.3 Å². The lowest BCUT2D eigenvalue weighted by atomic mass is 10.2. The van der Waals surface area contributed by atoms with Crippen LogP contribution in [0.3, 0.4) is 0 Å². The number of halogens is 8. The van der Waals surface area contributed by atoms with Crippen LogP contribution in [0, 0.1) is 17.5 Å². The van der Waals surface area contributed by atoms with Gasteiger partial charge in [0.2, 0.25) is 5.88 Å². The van der Waals surface area contributed by atoms with E-state index in [1.807, 2.05) is 0 Å². The molecule has 1 aromatic heterocycles. The van der Waals surface area contributed by atoms with Gasteiger partial charge in [-0.25, -0.2) is 22.9 Å². The zero-order chi connectivity index (χ0) is 26.1. The molecular formula is C21H11Cl2F6N3O3. The molecule has 0 aliphatic heterocycles. The molecule has 3 rings (SSSR count). The normalized spacial score (nSPS) is 11.2. The van der Waals surface area contributed by atoms with Gasteiger partial charge in [0.05, 0.1) is 11.3 Å². The number of aromatic nitrogens is 1. The minimum atomic E-state index is -4.70. The zero-order valence-corrected chi connectivity index (χ0v) is 18.7. The third-order valence-electron chi connectivity index (χ3n) is 4.44. The van der Waals surface area contributed by atoms with Crippen LogP contribution in [0.15, 0.2) is 42.6 Å². The minimum absolute atomic E-state index is 0.402. The maximum absolute atomic E-state index is 14.8. The highest BCUT2D eigenvalue weighted by Gasteiger charge is 2.32. The van der Waals surface area contributed by atoms with Crippen molar-refractivity contribution >= 4 is 40.8 Å². The molecule has 3 amide bonds. The molecule has 14 heteroatoms. The molecule has 0 fully saturated rings. The van der Waals surface area contributed by atoms with Crippen LogP contribution in [-0.4, -0.2) is 24.0 Å². The Hall–Kier alpha value is -3.51. The van der Waals surface area contributed by atoms with Gasteiger partial charge < -0.3 is 4.74 Å². The van der Waals surface area contributed by atoms with Gasteiger partial charge in [-0.05, 0) is 30.3 Å². The van der Waals surface area contributed by atoms with E-state index in [9.17, 15) is 35.9 Å². The van der Waals surface area contributed by atoms with Gasteiger partial charge >= 0.3 is 12.2 Å². The highest BCUT2D eigenvalue weighted by molar-refractivity contribution is 6.33. The Labute approximate surface area is 203 Å². The van der Waals surface area contributed by atoms with Crippen molar-refractivity contribution in [2.45, 2.75) is 6.18 Å². The van der Waals surface area contributed by atoms with Crippen molar-refractivity contribution in [2.75, 3.05) is 11.9 Å². The van der Waals surface area contributed by atoms with E-state index in [-0.39, 0.29) is 0 Å². The first-order chi connectivity index (χ1) is 16.3. The number of hydrogen-bond acceptors (Lipinski definition) is 4. The Morgan fingerprint density at radius 1 is 1.06 bits per heavy atom. The van der Waals surface area contributed by atoms with Crippen molar-refractivity contribution < 1.29 is 40.7 Å². The number of hydrogen-bond donors (Lipinski definition) is 1. The lowest BCUT2D eigenvalue weighted by molar-refractivity contribution is -0.137. The molecule has 0 atom stereocenters. The van der Waals surface area contributed by atoms with Crippen LogP contribution in [0.4, 0.5) is 36.8 Å². The lowest BCUT2D eigenvalue weighted by Crippen LogP contribution is -2.41. The summed E-state index contributed by atoms with van der Waals surface area (Å²) in [6.07, 6.45) is -4.25. The van der Waals surface area contributed by atoms with Gasteiger partial charge in [-0.2, -0.15) is 13.2 Å². The predicted molar refractivity (Wildman–Crippen MR) is 113 cm³/mol. The number of anilines is 1. The quantitative estimate of drug-likeness (QED) is 0.380. The zero-order valence-electron chi connectivity index (χ0n) is 17.2. The van der Waals surface area contributed by atoms with Crippen molar-refractivity contribution in [2.24, 2.45) is 0 Å². The fourth-order valence-corrected chi connectivity index (χ4v) is 3.09. The molecule has 0 radical (unpaired) electrons. The van der Waals surface area contributed by atoms with E-state index >= 15 is 0 Å². The SMILES string of the molecule is CN(C(=O)NC(=O)c1c(F)cccc1F)c1ccc(Oc2ncc(C(F)(F)F)cc2Cl)c(Cl)c1F. The topological polar surface area (TPSA) is 71.5 Å². The monoisotopic (exact) mass is 537 g/mol. The average Bonchev–Trinajstić information content (AvgIpc) is 2.77. The Morgan fingerprint density at radius 3 is 2.26 bits per heavy atom. The summed E-state index contributed by atoms with van der Waals surface area (Å²) in [4.78, 5) is 28.5. The van der Waals surface area contributed by atoms with Gasteiger partial charge in [-0.1, -0.05) is 29.3 Å². The van der Waals surface area contributed by atoms with Crippen LogP contribution in [0.25, 0.3) is 0 Å². The van der Waals surface area contributed by atoms with Crippen LogP contribution in [0.1, 0.15) is 15.9 Å². The van der Waals surface area contributed by atoms with E-state index in [2.05, 4.69) is 4.98 Å². The van der Waals surface area contributed by atoms with Crippen molar-refractivity contribution in [1.29, 1.82) is 0 Å². The summed E-state index contributed by atoms with van der Waals surface area (Å²) in [5, 5.41) is 0.476. The number of imide groups is 1. The summed E-state index contributed by atoms with van der Waals surface area (Å²) in [6, 6.07) is 3.97. The number of benzene rings is 2. The largest absolute Gasteiger partial charge is 0.436 e. The standard InChI is InChI=1S/C21H11Cl2F6N3O3/c1-32(20(34)31-18(33)15-11(24)3-2-4-12(15)25)13-5-6-14(16(23)17(13)26)35-19-10(22)7-9(8-30-19)21(27,28)29/h2-8H,1H3,(H,31,33,34). The van der Waals surface area contributed by atoms with Gasteiger partial charge in [0.25, 0.3) is 5.91 Å². The highest BCUT2D eigenvalue weighted by Crippen LogP contribution is 2.39. The van der Waals surface area contributed by atoms with E-state index in [4.69, 9.17) is 27.9 Å². The molecule has 0 bridgehead atoms. The summed E-state index contributed by atoms with van der Waals surface area (Å²) in [7, 11) is 1.03. The van der Waals surface area contributed by atoms with E-state index in [0.717, 1.165) is 37.4 Å². The number of nitrogens with zero attached hydrogens (tertiary/aromatic N) is 2. The third-order valence-corrected chi connectivity index (χ3v) is 5.07. The molecule has 1 N–H and O–H groups in total. The van der Waals surface area contributed by atoms with E-state index in [1.165, 1.54) is 0 Å². The van der Waals surface area contributed by atoms with Crippen LogP contribution in [-0.2, 0) is 6.18 Å². The average molecular weight is 538 g/mol. The maximum atomic E-state index is 14.8. The molecule has 0 aliphatic rings. The summed E-state index contributed by atoms with van der Waals surface area (Å²) >= 11 is 11.7. The first-order valence-corrected chi connectivity index (χ1v) is 9.98. The maximum Gasteiger partial charge on any atom is 0.417 e. The second-order valence-electron chi connectivity index (χ2n) is 6.74. The smallest absolute Gasteiger partial charge is 0.417 e. The van der Waals surface area contributed by atoms with E-state index < -0.39 is 74.1 Å². The molecule has 0 aliphatic carbocycles. The van der Waals surface area contributed by atoms with Gasteiger partial charge in [-0.3, -0.25) is 15.0 Å². The Bertz CT molecular complexity index is 1300. The first-order valence-electron chi connectivity index (χ1n) is 9.23. The Morgan fingerprint density at radius 2 is 1.69 bits per heavy atom. The molecule has 184 valence electrons. The molecule has 0 spiro atoms. The van der Waals surface area contributed by atoms with Crippen molar-refractivity contribution in [3.8, 4) is 11.6 Å². The number of alkyl halides is 3. The fourth-order valence-electron chi connectivity index (χ4n) is 2.69. The molecule has 6 nitrogen and oxygen atoms in total. The van der Waals surface area contributed by atoms with E-state index in [1.54, 1.807) is 5.32 Å². The second-order valence-corrected chi connectivity index (χ2v) is 7.52. The molecule has 35 heavy (non-hydrogen) atoms. The van der Waals surface area contributed by atoms with Crippen molar-refractivity contribution in [3.05, 3.63) is 81.2 Å². The first kappa shape index (κ1) is 26.1. The molecular weight excluding hydrogens is 527 g/mol. The number of pyridine rings is 1. The second kappa shape index (κ2) is 10.0. The van der Waals surface area contributed by atoms with Crippen LogP contribution >= 0.6 is 23.2 Å². The van der Waals surface area contributed by atoms with Crippen LogP contribution in [0.5, 0.6) is 11.6 Å². The Balaban J connectivity index is 1.80. The number of ether oxygens (including phenoxy) is 1. The molecule has 0 saturated carbocycles. The van der Waals surface area contributed by atoms with Crippen LogP contribution < -0.4 is 15.0 Å². The molecule has 0 saturated heterocycles. The van der Waals surface area contributed by atoms with Gasteiger partial charge in [0.1, 0.15) is 27.2 Å². The molecule has 2 aromatic carbocycles. The number of carbonyl (C=O) groups excluding carboxylic acids is 2. The molecule has 0 unspecified atom stereocenters. The number of nitrogens with one attached hydrogen (secondary N) is 1. The molecule has 3 aromatic rings. The fraction of sp³-hybridized carbons (Fsp3) is 0.0952. The number of amides is 3. The van der Waals surface area contributed by atoms with Gasteiger partial charge in [0.15, 0.2) is 11.6 Å². The molecule has 1 heterocycles. The van der Waals surface area contributed by atoms with E-state index in [0.29, 0.717) is 17.2 Å². The Kier molecular flexibility index (Phi) is 7.46. The summed E-state index contributed by atoms with van der Waals surface area (Å²) in [5.74, 6) is -5.98. The van der Waals surface area contributed by atoms with Crippen LogP contribution in [0.2, 0.25) is 10.0 Å². The van der Waals surface area contributed by atoms with Crippen molar-refractivity contribution in [3.63, 3.8) is 0 Å². The predicted octanol–water partition coefficient (Wildman–Crippen LogP) is 6.60. The summed E-state index contributed by atoms with van der Waals surface area (Å²) < 4.78 is 85.7. The summed E-state index contributed by atoms with van der Waals surface area (Å²) in [5.41, 5.74) is -2.63. The number of urea groups is 1. The van der Waals surface area contributed by atoms with Gasteiger partial charge in [-0.15, -0.1) is 0 Å². The van der Waals surface area contributed by atoms with Gasteiger partial charge in [0, 0.05) is 13.2 Å². The number of carbonyl (C=O) groups is 2. The lowest BCUT2D eigenvalue weighted by Gasteiger charge is -2.20. The number of rotatable bonds is 4.